The van der Waals surface area contributed by atoms with Crippen LogP contribution in [0.25, 0.3) is 0 Å². The fraction of sp³-hybridized carbons (Fsp3) is 0.500. The van der Waals surface area contributed by atoms with E-state index in [0.717, 1.165) is 37.9 Å². The summed E-state index contributed by atoms with van der Waals surface area (Å²) >= 11 is 0. The minimum absolute atomic E-state index is 0.0531. The molecule has 2 aliphatic rings. The van der Waals surface area contributed by atoms with Crippen molar-refractivity contribution in [3.8, 4) is 0 Å². The molecule has 2 amide bonds. The molecule has 1 N–H and O–H groups in total. The van der Waals surface area contributed by atoms with E-state index >= 15 is 0 Å². The molecule has 2 heterocycles. The Morgan fingerprint density at radius 1 is 1.15 bits per heavy atom. The number of carbonyl (C=O) groups is 2. The van der Waals surface area contributed by atoms with Gasteiger partial charge in [-0.2, -0.15) is 0 Å². The van der Waals surface area contributed by atoms with Crippen LogP contribution in [0, 0.1) is 5.92 Å². The molecule has 0 atom stereocenters. The third kappa shape index (κ3) is 2.61. The molecule has 4 heteroatoms. The summed E-state index contributed by atoms with van der Waals surface area (Å²) in [6.45, 7) is 2.67. The molecular formula is C16H20N2O2. The van der Waals surface area contributed by atoms with Crippen molar-refractivity contribution in [2.45, 2.75) is 25.7 Å². The molecule has 0 aromatic heterocycles. The van der Waals surface area contributed by atoms with Gasteiger partial charge in [0.2, 0.25) is 5.91 Å². The average molecular weight is 272 g/mol. The standard InChI is InChI=1S/C16H20N2O2/c19-15-11-13-3-1-2-4-14(13)16(20)18(15)10-7-12-5-8-17-9-6-12/h1-4,12,17H,5-11H2. The predicted molar refractivity (Wildman–Crippen MR) is 76.4 cm³/mol. The van der Waals surface area contributed by atoms with Gasteiger partial charge < -0.3 is 5.32 Å². The summed E-state index contributed by atoms with van der Waals surface area (Å²) in [4.78, 5) is 26.0. The Kier molecular flexibility index (Phi) is 3.83. The Hall–Kier alpha value is -1.68. The number of nitrogens with one attached hydrogen (secondary N) is 1. The Bertz CT molecular complexity index is 521. The first-order chi connectivity index (χ1) is 9.75. The minimum Gasteiger partial charge on any atom is -0.317 e. The Labute approximate surface area is 119 Å². The monoisotopic (exact) mass is 272 g/mol. The number of rotatable bonds is 3. The summed E-state index contributed by atoms with van der Waals surface area (Å²) in [5.41, 5.74) is 1.55. The third-order valence-corrected chi connectivity index (χ3v) is 4.36. The molecule has 2 aliphatic heterocycles. The highest BCUT2D eigenvalue weighted by Gasteiger charge is 2.30. The van der Waals surface area contributed by atoms with Gasteiger partial charge in [-0.05, 0) is 49.9 Å². The number of amides is 2. The highest BCUT2D eigenvalue weighted by molar-refractivity contribution is 6.09. The molecule has 3 rings (SSSR count). The number of hydrogen-bond donors (Lipinski definition) is 1. The first-order valence-corrected chi connectivity index (χ1v) is 7.39. The highest BCUT2D eigenvalue weighted by atomic mass is 16.2. The first-order valence-electron chi connectivity index (χ1n) is 7.39. The molecular weight excluding hydrogens is 252 g/mol. The minimum atomic E-state index is -0.120. The van der Waals surface area contributed by atoms with Gasteiger partial charge in [-0.1, -0.05) is 18.2 Å². The summed E-state index contributed by atoms with van der Waals surface area (Å²) in [6.07, 6.45) is 3.58. The number of fused-ring (bicyclic) bond motifs is 1. The lowest BCUT2D eigenvalue weighted by molar-refractivity contribution is -0.128. The van der Waals surface area contributed by atoms with Gasteiger partial charge in [0, 0.05) is 12.1 Å². The van der Waals surface area contributed by atoms with Crippen LogP contribution in [0.4, 0.5) is 0 Å². The number of hydrogen-bond acceptors (Lipinski definition) is 3. The van der Waals surface area contributed by atoms with Crippen LogP contribution in [0.15, 0.2) is 24.3 Å². The van der Waals surface area contributed by atoms with Crippen molar-refractivity contribution in [1.82, 2.24) is 10.2 Å². The average Bonchev–Trinajstić information content (AvgIpc) is 2.48. The SMILES string of the molecule is O=C1Cc2ccccc2C(=O)N1CCC1CCNCC1. The molecule has 106 valence electrons. The van der Waals surface area contributed by atoms with Crippen molar-refractivity contribution in [2.24, 2.45) is 5.92 Å². The summed E-state index contributed by atoms with van der Waals surface area (Å²) in [5.74, 6) is 0.461. The van der Waals surface area contributed by atoms with Crippen LogP contribution < -0.4 is 5.32 Å². The molecule has 0 aliphatic carbocycles. The maximum absolute atomic E-state index is 12.4. The topological polar surface area (TPSA) is 49.4 Å². The smallest absolute Gasteiger partial charge is 0.260 e. The second-order valence-electron chi connectivity index (χ2n) is 5.67. The van der Waals surface area contributed by atoms with Crippen molar-refractivity contribution in [3.63, 3.8) is 0 Å². The quantitative estimate of drug-likeness (QED) is 0.850. The number of imide groups is 1. The lowest BCUT2D eigenvalue weighted by Gasteiger charge is -2.29. The van der Waals surface area contributed by atoms with Crippen LogP contribution in [0.2, 0.25) is 0 Å². The van der Waals surface area contributed by atoms with Crippen LogP contribution in [-0.4, -0.2) is 36.3 Å². The molecule has 0 spiro atoms. The highest BCUT2D eigenvalue weighted by Crippen LogP contribution is 2.22. The lowest BCUT2D eigenvalue weighted by Crippen LogP contribution is -2.43. The summed E-state index contributed by atoms with van der Waals surface area (Å²) in [7, 11) is 0. The molecule has 1 saturated heterocycles. The maximum atomic E-state index is 12.4. The van der Waals surface area contributed by atoms with Crippen molar-refractivity contribution in [1.29, 1.82) is 0 Å². The van der Waals surface area contributed by atoms with E-state index in [1.54, 1.807) is 0 Å². The summed E-state index contributed by atoms with van der Waals surface area (Å²) in [5, 5.41) is 3.34. The molecule has 0 saturated carbocycles. The molecule has 0 unspecified atom stereocenters. The molecule has 1 aromatic rings. The van der Waals surface area contributed by atoms with E-state index in [2.05, 4.69) is 5.32 Å². The van der Waals surface area contributed by atoms with E-state index in [1.807, 2.05) is 24.3 Å². The zero-order valence-electron chi connectivity index (χ0n) is 11.6. The van der Waals surface area contributed by atoms with Crippen molar-refractivity contribution in [2.75, 3.05) is 19.6 Å². The van der Waals surface area contributed by atoms with E-state index < -0.39 is 0 Å². The molecule has 1 fully saturated rings. The zero-order chi connectivity index (χ0) is 13.9. The van der Waals surface area contributed by atoms with Crippen LogP contribution in [0.3, 0.4) is 0 Å². The van der Waals surface area contributed by atoms with Crippen LogP contribution in [0.5, 0.6) is 0 Å². The normalized spacial score (nSPS) is 20.1. The Morgan fingerprint density at radius 2 is 1.90 bits per heavy atom. The number of benzene rings is 1. The van der Waals surface area contributed by atoms with Gasteiger partial charge in [0.25, 0.3) is 5.91 Å². The van der Waals surface area contributed by atoms with Crippen LogP contribution in [-0.2, 0) is 11.2 Å². The van der Waals surface area contributed by atoms with Crippen molar-refractivity contribution >= 4 is 11.8 Å². The fourth-order valence-corrected chi connectivity index (χ4v) is 3.11. The Balaban J connectivity index is 1.67. The number of piperidine rings is 1. The van der Waals surface area contributed by atoms with Gasteiger partial charge in [0.15, 0.2) is 0 Å². The van der Waals surface area contributed by atoms with Crippen LogP contribution >= 0.6 is 0 Å². The number of carbonyl (C=O) groups excluding carboxylic acids is 2. The molecule has 20 heavy (non-hydrogen) atoms. The van der Waals surface area contributed by atoms with Gasteiger partial charge in [-0.25, -0.2) is 0 Å². The molecule has 0 radical (unpaired) electrons. The summed E-state index contributed by atoms with van der Waals surface area (Å²) in [6, 6.07) is 7.43. The second-order valence-corrected chi connectivity index (χ2v) is 5.67. The largest absolute Gasteiger partial charge is 0.317 e. The lowest BCUT2D eigenvalue weighted by atomic mass is 9.93. The van der Waals surface area contributed by atoms with Crippen molar-refractivity contribution in [3.05, 3.63) is 35.4 Å². The van der Waals surface area contributed by atoms with Gasteiger partial charge in [-0.3, -0.25) is 14.5 Å². The van der Waals surface area contributed by atoms with E-state index in [0.29, 0.717) is 24.4 Å². The Morgan fingerprint density at radius 3 is 2.70 bits per heavy atom. The third-order valence-electron chi connectivity index (χ3n) is 4.36. The van der Waals surface area contributed by atoms with E-state index in [-0.39, 0.29) is 11.8 Å². The van der Waals surface area contributed by atoms with Gasteiger partial charge in [0.1, 0.15) is 0 Å². The van der Waals surface area contributed by atoms with Crippen molar-refractivity contribution < 1.29 is 9.59 Å². The van der Waals surface area contributed by atoms with Gasteiger partial charge >= 0.3 is 0 Å². The van der Waals surface area contributed by atoms with E-state index in [9.17, 15) is 9.59 Å². The predicted octanol–water partition coefficient (Wildman–Crippen LogP) is 1.60. The molecule has 4 nitrogen and oxygen atoms in total. The van der Waals surface area contributed by atoms with Gasteiger partial charge in [-0.15, -0.1) is 0 Å². The van der Waals surface area contributed by atoms with Crippen LogP contribution in [0.1, 0.15) is 35.2 Å². The molecule has 0 bridgehead atoms. The second kappa shape index (κ2) is 5.75. The van der Waals surface area contributed by atoms with E-state index in [1.165, 1.54) is 4.90 Å². The van der Waals surface area contributed by atoms with Gasteiger partial charge in [0.05, 0.1) is 6.42 Å². The number of nitrogens with zero attached hydrogens (tertiary/aromatic N) is 1. The van der Waals surface area contributed by atoms with E-state index in [4.69, 9.17) is 0 Å². The summed E-state index contributed by atoms with van der Waals surface area (Å²) < 4.78 is 0. The first kappa shape index (κ1) is 13.3. The fourth-order valence-electron chi connectivity index (χ4n) is 3.11. The zero-order valence-corrected chi connectivity index (χ0v) is 11.6. The maximum Gasteiger partial charge on any atom is 0.260 e. The molecule has 1 aromatic carbocycles.